The van der Waals surface area contributed by atoms with Crippen LogP contribution in [0.3, 0.4) is 0 Å². The van der Waals surface area contributed by atoms with Crippen molar-refractivity contribution in [2.75, 3.05) is 61.6 Å². The van der Waals surface area contributed by atoms with Crippen LogP contribution in [-0.2, 0) is 9.47 Å². The van der Waals surface area contributed by atoms with Gasteiger partial charge in [-0.05, 0) is 56.6 Å². The van der Waals surface area contributed by atoms with Crippen molar-refractivity contribution < 1.29 is 14.6 Å². The molecular weight excluding hydrogens is 466 g/mol. The quantitative estimate of drug-likeness (QED) is 0.520. The molecular formula is C26H36ClN5O3. The lowest BCUT2D eigenvalue weighted by Gasteiger charge is -2.30. The summed E-state index contributed by atoms with van der Waals surface area (Å²) in [7, 11) is 0. The number of morpholine rings is 1. The second-order valence-corrected chi connectivity index (χ2v) is 10.2. The Hall–Kier alpha value is -2.13. The number of aromatic nitrogens is 2. The third kappa shape index (κ3) is 6.36. The lowest BCUT2D eigenvalue weighted by atomic mass is 9.93. The van der Waals surface area contributed by atoms with E-state index in [1.165, 1.54) is 0 Å². The van der Waals surface area contributed by atoms with Crippen molar-refractivity contribution in [3.8, 4) is 11.1 Å². The van der Waals surface area contributed by atoms with Gasteiger partial charge in [0.25, 0.3) is 0 Å². The predicted octanol–water partition coefficient (Wildman–Crippen LogP) is 4.19. The van der Waals surface area contributed by atoms with Gasteiger partial charge < -0.3 is 30.1 Å². The second kappa shape index (κ2) is 11.7. The van der Waals surface area contributed by atoms with Crippen LogP contribution in [0.15, 0.2) is 24.5 Å². The van der Waals surface area contributed by atoms with Crippen molar-refractivity contribution in [3.63, 3.8) is 0 Å². The van der Waals surface area contributed by atoms with Crippen molar-refractivity contribution in [3.05, 3.63) is 29.5 Å². The third-order valence-corrected chi connectivity index (χ3v) is 7.62. The fraction of sp³-hybridized carbons (Fsp3) is 0.615. The first-order valence-corrected chi connectivity index (χ1v) is 13.3. The maximum absolute atomic E-state index is 9.80. The lowest BCUT2D eigenvalue weighted by molar-refractivity contribution is 0.0699. The molecule has 8 nitrogen and oxygen atoms in total. The van der Waals surface area contributed by atoms with Crippen molar-refractivity contribution in [2.45, 2.75) is 50.7 Å². The van der Waals surface area contributed by atoms with E-state index < -0.39 is 0 Å². The van der Waals surface area contributed by atoms with E-state index in [0.717, 1.165) is 99.8 Å². The molecule has 0 bridgehead atoms. The fourth-order valence-corrected chi connectivity index (χ4v) is 5.35. The average molecular weight is 502 g/mol. The van der Waals surface area contributed by atoms with Crippen molar-refractivity contribution in [1.29, 1.82) is 0 Å². The number of pyridine rings is 2. The van der Waals surface area contributed by atoms with Gasteiger partial charge in [-0.25, -0.2) is 9.97 Å². The summed E-state index contributed by atoms with van der Waals surface area (Å²) in [5.74, 6) is 2.37. The van der Waals surface area contributed by atoms with Gasteiger partial charge in [0, 0.05) is 62.4 Å². The normalized spacial score (nSPS) is 23.8. The molecule has 9 heteroatoms. The number of rotatable bonds is 7. The van der Waals surface area contributed by atoms with Crippen molar-refractivity contribution in [1.82, 2.24) is 9.97 Å². The van der Waals surface area contributed by atoms with Gasteiger partial charge >= 0.3 is 0 Å². The van der Waals surface area contributed by atoms with Gasteiger partial charge in [0.05, 0.1) is 30.0 Å². The van der Waals surface area contributed by atoms with E-state index in [1.807, 2.05) is 12.3 Å². The first-order valence-electron chi connectivity index (χ1n) is 12.9. The van der Waals surface area contributed by atoms with Crippen LogP contribution in [0.25, 0.3) is 11.1 Å². The number of anilines is 3. The number of nitrogens with one attached hydrogen (secondary N) is 2. The highest BCUT2D eigenvalue weighted by molar-refractivity contribution is 6.33. The van der Waals surface area contributed by atoms with Gasteiger partial charge in [0.2, 0.25) is 0 Å². The highest BCUT2D eigenvalue weighted by Gasteiger charge is 2.22. The molecule has 2 aliphatic heterocycles. The number of nitrogens with zero attached hydrogens (tertiary/aromatic N) is 3. The number of hydrogen-bond acceptors (Lipinski definition) is 8. The third-order valence-electron chi connectivity index (χ3n) is 7.31. The van der Waals surface area contributed by atoms with Crippen molar-refractivity contribution >= 4 is 28.9 Å². The first-order chi connectivity index (χ1) is 17.2. The zero-order valence-electron chi connectivity index (χ0n) is 20.2. The molecule has 2 aromatic rings. The number of ether oxygens (including phenoxy) is 2. The summed E-state index contributed by atoms with van der Waals surface area (Å²) < 4.78 is 11.1. The molecule has 1 saturated carbocycles. The molecule has 0 atom stereocenters. The van der Waals surface area contributed by atoms with Crippen LogP contribution in [0.1, 0.15) is 38.5 Å². The molecule has 1 aliphatic carbocycles. The minimum Gasteiger partial charge on any atom is -0.393 e. The maximum Gasteiger partial charge on any atom is 0.152 e. The summed E-state index contributed by atoms with van der Waals surface area (Å²) in [6, 6.07) is 4.50. The van der Waals surface area contributed by atoms with E-state index in [2.05, 4.69) is 26.6 Å². The van der Waals surface area contributed by atoms with Crippen LogP contribution in [-0.4, -0.2) is 73.3 Å². The Balaban J connectivity index is 1.38. The van der Waals surface area contributed by atoms with Gasteiger partial charge in [-0.2, -0.15) is 0 Å². The standard InChI is InChI=1S/C26H36ClN5O3/c27-23-17-29-25(31-20-1-3-21(33)4-2-20)14-22(23)19-13-24(28-15-18-5-9-34-10-6-18)26(30-16-19)32-7-11-35-12-8-32/h13-14,16-18,20-21,28,33H,1-12,15H2,(H,29,31)/t20-,21-. The van der Waals surface area contributed by atoms with E-state index in [4.69, 9.17) is 26.1 Å². The van der Waals surface area contributed by atoms with Gasteiger partial charge in [0.15, 0.2) is 5.82 Å². The molecule has 0 spiro atoms. The van der Waals surface area contributed by atoms with Gasteiger partial charge in [-0.1, -0.05) is 11.6 Å². The molecule has 0 radical (unpaired) electrons. The Morgan fingerprint density at radius 3 is 2.46 bits per heavy atom. The Morgan fingerprint density at radius 2 is 1.69 bits per heavy atom. The summed E-state index contributed by atoms with van der Waals surface area (Å²) >= 11 is 6.62. The Labute approximate surface area is 212 Å². The van der Waals surface area contributed by atoms with E-state index in [0.29, 0.717) is 30.2 Å². The smallest absolute Gasteiger partial charge is 0.152 e. The van der Waals surface area contributed by atoms with Crippen LogP contribution in [0, 0.1) is 5.92 Å². The molecule has 35 heavy (non-hydrogen) atoms. The maximum atomic E-state index is 9.80. The zero-order chi connectivity index (χ0) is 24.0. The van der Waals surface area contributed by atoms with E-state index in [9.17, 15) is 5.11 Å². The average Bonchev–Trinajstić information content (AvgIpc) is 2.91. The van der Waals surface area contributed by atoms with Crippen LogP contribution < -0.4 is 15.5 Å². The van der Waals surface area contributed by atoms with E-state index in [1.54, 1.807) is 6.20 Å². The lowest BCUT2D eigenvalue weighted by Crippen LogP contribution is -2.37. The largest absolute Gasteiger partial charge is 0.393 e. The molecule has 0 unspecified atom stereocenters. The number of aliphatic hydroxyl groups excluding tert-OH is 1. The number of hydrogen-bond donors (Lipinski definition) is 3. The van der Waals surface area contributed by atoms with Gasteiger partial charge in [0.1, 0.15) is 5.82 Å². The molecule has 4 heterocycles. The van der Waals surface area contributed by atoms with Crippen LogP contribution in [0.4, 0.5) is 17.3 Å². The van der Waals surface area contributed by atoms with Gasteiger partial charge in [-0.15, -0.1) is 0 Å². The number of aliphatic hydroxyl groups is 1. The molecule has 3 N–H and O–H groups in total. The molecule has 0 amide bonds. The first kappa shape index (κ1) is 24.6. The molecule has 2 aromatic heterocycles. The monoisotopic (exact) mass is 501 g/mol. The van der Waals surface area contributed by atoms with Crippen LogP contribution in [0.5, 0.6) is 0 Å². The minimum atomic E-state index is -0.176. The predicted molar refractivity (Wildman–Crippen MR) is 139 cm³/mol. The Kier molecular flexibility index (Phi) is 8.24. The molecule has 3 fully saturated rings. The van der Waals surface area contributed by atoms with E-state index in [-0.39, 0.29) is 6.10 Å². The highest BCUT2D eigenvalue weighted by atomic mass is 35.5. The summed E-state index contributed by atoms with van der Waals surface area (Å²) in [6.45, 7) is 5.66. The summed E-state index contributed by atoms with van der Waals surface area (Å²) in [5, 5.41) is 17.6. The fourth-order valence-electron chi connectivity index (χ4n) is 5.14. The topological polar surface area (TPSA) is 91.8 Å². The van der Waals surface area contributed by atoms with E-state index >= 15 is 0 Å². The van der Waals surface area contributed by atoms with Gasteiger partial charge in [-0.3, -0.25) is 0 Å². The molecule has 190 valence electrons. The van der Waals surface area contributed by atoms with Crippen LogP contribution in [0.2, 0.25) is 5.02 Å². The second-order valence-electron chi connectivity index (χ2n) is 9.83. The SMILES string of the molecule is O[C@H]1CC[C@H](Nc2cc(-c3cnc(N4CCOCC4)c(NCC4CCOCC4)c3)c(Cl)cn2)CC1. The van der Waals surface area contributed by atoms with Crippen LogP contribution >= 0.6 is 11.6 Å². The van der Waals surface area contributed by atoms with Crippen molar-refractivity contribution in [2.24, 2.45) is 5.92 Å². The summed E-state index contributed by atoms with van der Waals surface area (Å²) in [6.07, 6.45) is 9.14. The molecule has 3 aliphatic rings. The zero-order valence-corrected chi connectivity index (χ0v) is 21.0. The summed E-state index contributed by atoms with van der Waals surface area (Å²) in [4.78, 5) is 11.7. The Morgan fingerprint density at radius 1 is 0.943 bits per heavy atom. The minimum absolute atomic E-state index is 0.176. The highest BCUT2D eigenvalue weighted by Crippen LogP contribution is 2.35. The summed E-state index contributed by atoms with van der Waals surface area (Å²) in [5.41, 5.74) is 2.90. The number of halogens is 1. The Bertz CT molecular complexity index is 973. The molecule has 0 aromatic carbocycles. The molecule has 5 rings (SSSR count). The molecule has 2 saturated heterocycles.